The second kappa shape index (κ2) is 6.72. The summed E-state index contributed by atoms with van der Waals surface area (Å²) in [5, 5.41) is 21.1. The molecule has 0 saturated heterocycles. The lowest BCUT2D eigenvalue weighted by Gasteiger charge is -2.33. The van der Waals surface area contributed by atoms with E-state index in [9.17, 15) is 9.90 Å². The second-order valence-electron chi connectivity index (χ2n) is 6.59. The first-order chi connectivity index (χ1) is 11.5. The van der Waals surface area contributed by atoms with Crippen molar-refractivity contribution in [2.45, 2.75) is 64.1 Å². The Hall–Kier alpha value is -2.22. The summed E-state index contributed by atoms with van der Waals surface area (Å²) >= 11 is 0. The van der Waals surface area contributed by atoms with E-state index < -0.39 is 6.10 Å². The van der Waals surface area contributed by atoms with E-state index in [1.165, 1.54) is 12.3 Å². The van der Waals surface area contributed by atoms with Crippen molar-refractivity contribution in [2.75, 3.05) is 0 Å². The van der Waals surface area contributed by atoms with Gasteiger partial charge in [0.1, 0.15) is 11.6 Å². The largest absolute Gasteiger partial charge is 0.391 e. The smallest absolute Gasteiger partial charge is 0.290 e. The van der Waals surface area contributed by atoms with Crippen molar-refractivity contribution in [1.82, 2.24) is 25.2 Å². The van der Waals surface area contributed by atoms with Crippen LogP contribution in [-0.2, 0) is 0 Å². The molecule has 8 nitrogen and oxygen atoms in total. The Labute approximate surface area is 140 Å². The summed E-state index contributed by atoms with van der Waals surface area (Å²) in [6.07, 6.45) is 2.88. The van der Waals surface area contributed by atoms with Crippen molar-refractivity contribution in [3.05, 3.63) is 29.7 Å². The highest BCUT2D eigenvalue weighted by Gasteiger charge is 2.34. The fourth-order valence-corrected chi connectivity index (χ4v) is 3.22. The van der Waals surface area contributed by atoms with Crippen LogP contribution in [0, 0.1) is 6.92 Å². The Bertz CT molecular complexity index is 695. The molecule has 0 unspecified atom stereocenters. The second-order valence-corrected chi connectivity index (χ2v) is 6.59. The van der Waals surface area contributed by atoms with Crippen LogP contribution in [0.1, 0.15) is 67.3 Å². The van der Waals surface area contributed by atoms with Crippen LogP contribution >= 0.6 is 0 Å². The molecule has 0 bridgehead atoms. The van der Waals surface area contributed by atoms with Crippen LogP contribution in [0.3, 0.4) is 0 Å². The monoisotopic (exact) mass is 333 g/mol. The molecule has 1 saturated carbocycles. The number of aliphatic hydroxyl groups excluding tert-OH is 1. The van der Waals surface area contributed by atoms with Gasteiger partial charge in [0, 0.05) is 18.0 Å². The number of carbonyl (C=O) groups is 1. The van der Waals surface area contributed by atoms with Gasteiger partial charge in [-0.25, -0.2) is 9.67 Å². The zero-order valence-electron chi connectivity index (χ0n) is 14.1. The SMILES string of the molecule is Cc1nc([C@H]2CC[C@@H](O)[C@H](NC(=O)c3ccno3)C2)n(C(C)C)n1. The van der Waals surface area contributed by atoms with E-state index in [1.807, 2.05) is 11.6 Å². The minimum Gasteiger partial charge on any atom is -0.391 e. The molecule has 2 heterocycles. The quantitative estimate of drug-likeness (QED) is 0.880. The highest BCUT2D eigenvalue weighted by molar-refractivity contribution is 5.91. The maximum Gasteiger partial charge on any atom is 0.290 e. The van der Waals surface area contributed by atoms with Crippen molar-refractivity contribution in [3.63, 3.8) is 0 Å². The summed E-state index contributed by atoms with van der Waals surface area (Å²) < 4.78 is 6.80. The number of hydrogen-bond donors (Lipinski definition) is 2. The Morgan fingerprint density at radius 2 is 2.25 bits per heavy atom. The lowest BCUT2D eigenvalue weighted by molar-refractivity contribution is 0.0645. The minimum absolute atomic E-state index is 0.144. The third-order valence-corrected chi connectivity index (χ3v) is 4.41. The van der Waals surface area contributed by atoms with Crippen LogP contribution in [0.15, 0.2) is 16.8 Å². The molecule has 0 radical (unpaired) electrons. The van der Waals surface area contributed by atoms with Crippen LogP contribution in [0.5, 0.6) is 0 Å². The molecule has 24 heavy (non-hydrogen) atoms. The van der Waals surface area contributed by atoms with Crippen LogP contribution in [-0.4, -0.2) is 43.1 Å². The van der Waals surface area contributed by atoms with E-state index in [2.05, 4.69) is 34.4 Å². The van der Waals surface area contributed by atoms with E-state index in [-0.39, 0.29) is 29.7 Å². The number of aliphatic hydroxyl groups is 1. The lowest BCUT2D eigenvalue weighted by atomic mass is 9.83. The Morgan fingerprint density at radius 3 is 2.92 bits per heavy atom. The first-order valence-electron chi connectivity index (χ1n) is 8.28. The molecule has 3 rings (SSSR count). The Balaban J connectivity index is 1.75. The number of rotatable bonds is 4. The number of aryl methyl sites for hydroxylation is 1. The van der Waals surface area contributed by atoms with Crippen molar-refractivity contribution in [3.8, 4) is 0 Å². The summed E-state index contributed by atoms with van der Waals surface area (Å²) in [6, 6.07) is 1.37. The topological polar surface area (TPSA) is 106 Å². The minimum atomic E-state index is -0.579. The molecule has 1 amide bonds. The van der Waals surface area contributed by atoms with Crippen molar-refractivity contribution < 1.29 is 14.4 Å². The third kappa shape index (κ3) is 3.33. The summed E-state index contributed by atoms with van der Waals surface area (Å²) in [6.45, 7) is 6.01. The Kier molecular flexibility index (Phi) is 4.66. The summed E-state index contributed by atoms with van der Waals surface area (Å²) in [7, 11) is 0. The van der Waals surface area contributed by atoms with Gasteiger partial charge < -0.3 is 14.9 Å². The van der Waals surface area contributed by atoms with Crippen molar-refractivity contribution >= 4 is 5.91 Å². The molecule has 0 aliphatic heterocycles. The molecule has 3 atom stereocenters. The molecular formula is C16H23N5O3. The summed E-state index contributed by atoms with van der Waals surface area (Å²) in [5.74, 6) is 1.60. The number of hydrogen-bond acceptors (Lipinski definition) is 6. The number of amides is 1. The molecule has 1 aliphatic rings. The van der Waals surface area contributed by atoms with E-state index in [4.69, 9.17) is 4.52 Å². The highest BCUT2D eigenvalue weighted by atomic mass is 16.5. The lowest BCUT2D eigenvalue weighted by Crippen LogP contribution is -2.46. The molecular weight excluding hydrogens is 310 g/mol. The molecule has 0 spiro atoms. The van der Waals surface area contributed by atoms with Crippen LogP contribution in [0.4, 0.5) is 0 Å². The maximum atomic E-state index is 12.2. The molecule has 1 fully saturated rings. The van der Waals surface area contributed by atoms with Gasteiger partial charge >= 0.3 is 0 Å². The van der Waals surface area contributed by atoms with Crippen LogP contribution in [0.2, 0.25) is 0 Å². The molecule has 130 valence electrons. The molecule has 2 aromatic heterocycles. The van der Waals surface area contributed by atoms with Crippen molar-refractivity contribution in [1.29, 1.82) is 0 Å². The average molecular weight is 333 g/mol. The summed E-state index contributed by atoms with van der Waals surface area (Å²) in [5.41, 5.74) is 0. The Morgan fingerprint density at radius 1 is 1.46 bits per heavy atom. The van der Waals surface area contributed by atoms with E-state index in [0.717, 1.165) is 18.1 Å². The first-order valence-corrected chi connectivity index (χ1v) is 8.28. The van der Waals surface area contributed by atoms with Gasteiger partial charge in [0.25, 0.3) is 5.91 Å². The molecule has 1 aliphatic carbocycles. The normalized spacial score (nSPS) is 24.3. The van der Waals surface area contributed by atoms with Gasteiger partial charge in [0.2, 0.25) is 5.76 Å². The van der Waals surface area contributed by atoms with Crippen LogP contribution < -0.4 is 5.32 Å². The number of aromatic nitrogens is 4. The van der Waals surface area contributed by atoms with Crippen molar-refractivity contribution in [2.24, 2.45) is 0 Å². The van der Waals surface area contributed by atoms with Gasteiger partial charge in [-0.15, -0.1) is 0 Å². The molecule has 2 aromatic rings. The van der Waals surface area contributed by atoms with Gasteiger partial charge in [0.15, 0.2) is 0 Å². The number of nitrogens with one attached hydrogen (secondary N) is 1. The van der Waals surface area contributed by atoms with Gasteiger partial charge in [-0.2, -0.15) is 5.10 Å². The summed E-state index contributed by atoms with van der Waals surface area (Å²) in [4.78, 5) is 16.7. The van der Waals surface area contributed by atoms with E-state index in [0.29, 0.717) is 12.8 Å². The standard InChI is InChI=1S/C16H23N5O3/c1-9(2)21-15(18-10(3)20-21)11-4-5-13(22)12(8-11)19-16(23)14-6-7-17-24-14/h6-7,9,11-13,22H,4-5,8H2,1-3H3,(H,19,23)/t11-,12+,13+/m0/s1. The number of carbonyl (C=O) groups excluding carboxylic acids is 1. The highest BCUT2D eigenvalue weighted by Crippen LogP contribution is 2.33. The fourth-order valence-electron chi connectivity index (χ4n) is 3.22. The number of nitrogens with zero attached hydrogens (tertiary/aromatic N) is 4. The zero-order chi connectivity index (χ0) is 17.3. The third-order valence-electron chi connectivity index (χ3n) is 4.41. The van der Waals surface area contributed by atoms with Gasteiger partial charge in [-0.05, 0) is 40.0 Å². The molecule has 8 heteroatoms. The van der Waals surface area contributed by atoms with Gasteiger partial charge in [-0.1, -0.05) is 5.16 Å². The fraction of sp³-hybridized carbons (Fsp3) is 0.625. The predicted octanol–water partition coefficient (Wildman–Crippen LogP) is 1.58. The van der Waals surface area contributed by atoms with Gasteiger partial charge in [0.05, 0.1) is 18.3 Å². The molecule has 0 aromatic carbocycles. The van der Waals surface area contributed by atoms with Crippen LogP contribution in [0.25, 0.3) is 0 Å². The van der Waals surface area contributed by atoms with E-state index >= 15 is 0 Å². The average Bonchev–Trinajstić information content (AvgIpc) is 3.18. The predicted molar refractivity (Wildman–Crippen MR) is 85.5 cm³/mol. The molecule has 2 N–H and O–H groups in total. The van der Waals surface area contributed by atoms with E-state index in [1.54, 1.807) is 0 Å². The van der Waals surface area contributed by atoms with Gasteiger partial charge in [-0.3, -0.25) is 4.79 Å². The maximum absolute atomic E-state index is 12.2. The first kappa shape index (κ1) is 16.6. The zero-order valence-corrected chi connectivity index (χ0v) is 14.1.